The van der Waals surface area contributed by atoms with Crippen molar-refractivity contribution in [3.63, 3.8) is 0 Å². The fourth-order valence-electron chi connectivity index (χ4n) is 2.07. The van der Waals surface area contributed by atoms with Crippen LogP contribution in [-0.2, 0) is 9.59 Å². The number of aromatic nitrogens is 1. The zero-order chi connectivity index (χ0) is 14.7. The minimum absolute atomic E-state index is 0.0831. The molecule has 0 aromatic carbocycles. The van der Waals surface area contributed by atoms with Crippen molar-refractivity contribution >= 4 is 23.5 Å². The molecule has 1 aliphatic rings. The monoisotopic (exact) mass is 276 g/mol. The smallest absolute Gasteiger partial charge is 0.331 e. The number of hydrogen-bond donors (Lipinski definition) is 1. The van der Waals surface area contributed by atoms with Gasteiger partial charge < -0.3 is 10.6 Å². The first-order chi connectivity index (χ1) is 9.50. The number of rotatable bonds is 4. The van der Waals surface area contributed by atoms with Gasteiger partial charge in [0.05, 0.1) is 11.9 Å². The molecule has 7 heteroatoms. The molecule has 1 aromatic heterocycles. The summed E-state index contributed by atoms with van der Waals surface area (Å²) in [6.07, 6.45) is 3.39. The first-order valence-corrected chi connectivity index (χ1v) is 6.31. The Hall–Kier alpha value is -2.44. The molecular weight excluding hydrogens is 260 g/mol. The van der Waals surface area contributed by atoms with Crippen LogP contribution in [0.1, 0.15) is 18.4 Å². The van der Waals surface area contributed by atoms with Crippen molar-refractivity contribution in [2.75, 3.05) is 18.0 Å². The van der Waals surface area contributed by atoms with E-state index in [2.05, 4.69) is 4.98 Å². The molecule has 7 nitrogen and oxygen atoms in total. The molecule has 2 rings (SSSR count). The van der Waals surface area contributed by atoms with Gasteiger partial charge in [-0.25, -0.2) is 9.69 Å². The highest BCUT2D eigenvalue weighted by molar-refractivity contribution is 6.16. The van der Waals surface area contributed by atoms with Gasteiger partial charge in [0.25, 0.3) is 0 Å². The van der Waals surface area contributed by atoms with Crippen molar-refractivity contribution in [2.24, 2.45) is 5.73 Å². The van der Waals surface area contributed by atoms with Crippen molar-refractivity contribution < 1.29 is 14.4 Å². The van der Waals surface area contributed by atoms with E-state index in [0.717, 1.165) is 10.5 Å². The predicted octanol–water partition coefficient (Wildman–Crippen LogP) is 0.424. The van der Waals surface area contributed by atoms with E-state index >= 15 is 0 Å². The first kappa shape index (κ1) is 14.0. The van der Waals surface area contributed by atoms with Gasteiger partial charge >= 0.3 is 6.03 Å². The van der Waals surface area contributed by atoms with Crippen molar-refractivity contribution in [2.45, 2.75) is 19.8 Å². The van der Waals surface area contributed by atoms with Crippen LogP contribution in [0, 0.1) is 6.92 Å². The van der Waals surface area contributed by atoms with E-state index in [9.17, 15) is 14.4 Å². The number of anilines is 1. The van der Waals surface area contributed by atoms with Crippen LogP contribution in [0.15, 0.2) is 18.5 Å². The van der Waals surface area contributed by atoms with Crippen molar-refractivity contribution in [1.82, 2.24) is 9.88 Å². The second-order valence-corrected chi connectivity index (χ2v) is 4.63. The summed E-state index contributed by atoms with van der Waals surface area (Å²) in [6, 6.07) is 1.30. The number of imide groups is 1. The van der Waals surface area contributed by atoms with Gasteiger partial charge in [-0.3, -0.25) is 14.6 Å². The lowest BCUT2D eigenvalue weighted by molar-refractivity contribution is -0.119. The van der Waals surface area contributed by atoms with Gasteiger partial charge in [-0.2, -0.15) is 0 Å². The van der Waals surface area contributed by atoms with Crippen LogP contribution >= 0.6 is 0 Å². The van der Waals surface area contributed by atoms with Crippen LogP contribution in [0.25, 0.3) is 0 Å². The molecule has 1 saturated heterocycles. The van der Waals surface area contributed by atoms with Crippen LogP contribution in [0.4, 0.5) is 10.5 Å². The minimum Gasteiger partial charge on any atom is -0.370 e. The topological polar surface area (TPSA) is 96.6 Å². The lowest BCUT2D eigenvalue weighted by Crippen LogP contribution is -2.53. The molecule has 0 spiro atoms. The van der Waals surface area contributed by atoms with E-state index < -0.39 is 11.9 Å². The van der Waals surface area contributed by atoms with Gasteiger partial charge in [-0.05, 0) is 18.6 Å². The highest BCUT2D eigenvalue weighted by Gasteiger charge is 2.33. The molecule has 106 valence electrons. The fourth-order valence-corrected chi connectivity index (χ4v) is 2.07. The Balaban J connectivity index is 2.22. The molecule has 0 saturated carbocycles. The third-order valence-corrected chi connectivity index (χ3v) is 3.19. The molecule has 2 heterocycles. The van der Waals surface area contributed by atoms with E-state index in [0.29, 0.717) is 12.2 Å². The van der Waals surface area contributed by atoms with Crippen molar-refractivity contribution in [1.29, 1.82) is 0 Å². The lowest BCUT2D eigenvalue weighted by atomic mass is 10.2. The summed E-state index contributed by atoms with van der Waals surface area (Å²) < 4.78 is 0. The molecule has 1 aliphatic heterocycles. The average Bonchev–Trinajstić information content (AvgIpc) is 2.40. The van der Waals surface area contributed by atoms with E-state index in [4.69, 9.17) is 5.73 Å². The third kappa shape index (κ3) is 2.76. The zero-order valence-electron chi connectivity index (χ0n) is 11.2. The van der Waals surface area contributed by atoms with E-state index in [1.54, 1.807) is 19.2 Å². The van der Waals surface area contributed by atoms with Crippen LogP contribution in [0.3, 0.4) is 0 Å². The van der Waals surface area contributed by atoms with Crippen LogP contribution < -0.4 is 10.6 Å². The molecule has 0 atom stereocenters. The summed E-state index contributed by atoms with van der Waals surface area (Å²) in [7, 11) is 0. The molecule has 1 fully saturated rings. The summed E-state index contributed by atoms with van der Waals surface area (Å²) in [4.78, 5) is 41.7. The standard InChI is InChI=1S/C13H16N4O3/c1-9-2-5-15-8-10(9)17-12(19)4-7-16(13(17)20)6-3-11(14)18/h2,5,8H,3-4,6-7H2,1H3,(H2,14,18). The number of carbonyl (C=O) groups is 3. The summed E-state index contributed by atoms with van der Waals surface area (Å²) in [5, 5.41) is 0. The molecular formula is C13H16N4O3. The number of nitrogens with zero attached hydrogens (tertiary/aromatic N) is 3. The van der Waals surface area contributed by atoms with E-state index in [1.807, 2.05) is 0 Å². The summed E-state index contributed by atoms with van der Waals surface area (Å²) in [6.45, 7) is 2.33. The van der Waals surface area contributed by atoms with Gasteiger partial charge in [-0.15, -0.1) is 0 Å². The van der Waals surface area contributed by atoms with Gasteiger partial charge in [0.15, 0.2) is 0 Å². The molecule has 0 bridgehead atoms. The average molecular weight is 276 g/mol. The normalized spacial score (nSPS) is 15.7. The third-order valence-electron chi connectivity index (χ3n) is 3.19. The molecule has 0 aliphatic carbocycles. The minimum atomic E-state index is -0.473. The quantitative estimate of drug-likeness (QED) is 0.862. The SMILES string of the molecule is Cc1ccncc1N1C(=O)CCN(CCC(N)=O)C1=O. The van der Waals surface area contributed by atoms with Crippen molar-refractivity contribution in [3.8, 4) is 0 Å². The Morgan fingerprint density at radius 2 is 2.20 bits per heavy atom. The summed E-state index contributed by atoms with van der Waals surface area (Å²) in [5.74, 6) is -0.736. The highest BCUT2D eigenvalue weighted by Crippen LogP contribution is 2.23. The van der Waals surface area contributed by atoms with E-state index in [1.165, 1.54) is 11.1 Å². The van der Waals surface area contributed by atoms with Gasteiger partial charge in [-0.1, -0.05) is 0 Å². The molecule has 0 radical (unpaired) electrons. The molecule has 1 aromatic rings. The van der Waals surface area contributed by atoms with Gasteiger partial charge in [0, 0.05) is 32.1 Å². The Morgan fingerprint density at radius 1 is 1.45 bits per heavy atom. The van der Waals surface area contributed by atoms with E-state index in [-0.39, 0.29) is 25.3 Å². The molecule has 4 amide bonds. The Bertz CT molecular complexity index is 558. The summed E-state index contributed by atoms with van der Waals surface area (Å²) in [5.41, 5.74) is 6.35. The van der Waals surface area contributed by atoms with Gasteiger partial charge in [0.2, 0.25) is 11.8 Å². The number of urea groups is 1. The maximum absolute atomic E-state index is 12.4. The Kier molecular flexibility index (Phi) is 3.97. The maximum Gasteiger partial charge on any atom is 0.331 e. The van der Waals surface area contributed by atoms with Gasteiger partial charge in [0.1, 0.15) is 0 Å². The second-order valence-electron chi connectivity index (χ2n) is 4.63. The lowest BCUT2D eigenvalue weighted by Gasteiger charge is -2.34. The molecule has 0 unspecified atom stereocenters. The summed E-state index contributed by atoms with van der Waals surface area (Å²) >= 11 is 0. The number of nitrogens with two attached hydrogens (primary N) is 1. The number of aryl methyl sites for hydroxylation is 1. The Labute approximate surface area is 116 Å². The highest BCUT2D eigenvalue weighted by atomic mass is 16.2. The fraction of sp³-hybridized carbons (Fsp3) is 0.385. The van der Waals surface area contributed by atoms with Crippen LogP contribution in [0.5, 0.6) is 0 Å². The molecule has 20 heavy (non-hydrogen) atoms. The van der Waals surface area contributed by atoms with Crippen LogP contribution in [-0.4, -0.2) is 40.8 Å². The predicted molar refractivity (Wildman–Crippen MR) is 71.9 cm³/mol. The number of hydrogen-bond acceptors (Lipinski definition) is 4. The number of pyridine rings is 1. The zero-order valence-corrected chi connectivity index (χ0v) is 11.2. The van der Waals surface area contributed by atoms with Crippen molar-refractivity contribution in [3.05, 3.63) is 24.0 Å². The number of primary amides is 1. The number of carbonyl (C=O) groups excluding carboxylic acids is 3. The maximum atomic E-state index is 12.4. The Morgan fingerprint density at radius 3 is 2.85 bits per heavy atom. The second kappa shape index (κ2) is 5.68. The molecule has 2 N–H and O–H groups in total. The van der Waals surface area contributed by atoms with Crippen LogP contribution in [0.2, 0.25) is 0 Å². The largest absolute Gasteiger partial charge is 0.370 e. The number of amides is 4. The first-order valence-electron chi connectivity index (χ1n) is 6.31.